The molecule has 86 valence electrons. The van der Waals surface area contributed by atoms with Gasteiger partial charge in [-0.1, -0.05) is 18.2 Å². The number of hydrogen-bond donors (Lipinski definition) is 2. The molecule has 2 heteroatoms. The Hall–Kier alpha value is -1.28. The summed E-state index contributed by atoms with van der Waals surface area (Å²) in [6, 6.07) is 3.63. The molecule has 0 saturated heterocycles. The lowest BCUT2D eigenvalue weighted by molar-refractivity contribution is 0.152. The zero-order valence-electron chi connectivity index (χ0n) is 9.66. The van der Waals surface area contributed by atoms with Gasteiger partial charge in [-0.3, -0.25) is 0 Å². The molecule has 2 N–H and O–H groups in total. The van der Waals surface area contributed by atoms with Gasteiger partial charge in [-0.25, -0.2) is 0 Å². The van der Waals surface area contributed by atoms with Crippen LogP contribution in [0.3, 0.4) is 0 Å². The van der Waals surface area contributed by atoms with Gasteiger partial charge in [0.2, 0.25) is 0 Å². The van der Waals surface area contributed by atoms with Gasteiger partial charge < -0.3 is 10.2 Å². The first-order chi connectivity index (χ1) is 7.59. The number of benzene rings is 1. The van der Waals surface area contributed by atoms with Crippen LogP contribution in [0.1, 0.15) is 42.6 Å². The Kier molecular flexibility index (Phi) is 3.01. The predicted octanol–water partition coefficient (Wildman–Crippen LogP) is 2.88. The van der Waals surface area contributed by atoms with E-state index >= 15 is 0 Å². The first-order valence-electron chi connectivity index (χ1n) is 5.75. The van der Waals surface area contributed by atoms with Crippen molar-refractivity contribution in [3.05, 3.63) is 41.0 Å². The SMILES string of the molecule is C=C(C)Cc1ccc(O)c2c1CCCC2O. The number of hydrogen-bond acceptors (Lipinski definition) is 2. The Labute approximate surface area is 96.2 Å². The summed E-state index contributed by atoms with van der Waals surface area (Å²) in [4.78, 5) is 0. The summed E-state index contributed by atoms with van der Waals surface area (Å²) in [5.74, 6) is 0.229. The van der Waals surface area contributed by atoms with Crippen LogP contribution in [0.5, 0.6) is 5.75 Å². The Balaban J connectivity index is 2.49. The smallest absolute Gasteiger partial charge is 0.121 e. The zero-order valence-corrected chi connectivity index (χ0v) is 9.66. The molecule has 2 rings (SSSR count). The zero-order chi connectivity index (χ0) is 11.7. The van der Waals surface area contributed by atoms with E-state index in [9.17, 15) is 10.2 Å². The van der Waals surface area contributed by atoms with Crippen molar-refractivity contribution in [2.24, 2.45) is 0 Å². The van der Waals surface area contributed by atoms with Gasteiger partial charge in [0, 0.05) is 5.56 Å². The normalized spacial score (nSPS) is 19.2. The summed E-state index contributed by atoms with van der Waals surface area (Å²) in [6.45, 7) is 5.91. The van der Waals surface area contributed by atoms with E-state index in [4.69, 9.17) is 0 Å². The lowest BCUT2D eigenvalue weighted by Gasteiger charge is -2.25. The van der Waals surface area contributed by atoms with Crippen molar-refractivity contribution in [1.82, 2.24) is 0 Å². The van der Waals surface area contributed by atoms with Crippen LogP contribution in [0.2, 0.25) is 0 Å². The number of fused-ring (bicyclic) bond motifs is 1. The Morgan fingerprint density at radius 3 is 2.94 bits per heavy atom. The molecule has 1 aromatic rings. The third-order valence-electron chi connectivity index (χ3n) is 3.16. The standard InChI is InChI=1S/C14H18O2/c1-9(2)8-10-6-7-13(16)14-11(10)4-3-5-12(14)15/h6-7,12,15-16H,1,3-5,8H2,2H3. The minimum Gasteiger partial charge on any atom is -0.508 e. The molecule has 0 saturated carbocycles. The van der Waals surface area contributed by atoms with Gasteiger partial charge in [0.05, 0.1) is 6.10 Å². The van der Waals surface area contributed by atoms with E-state index in [1.54, 1.807) is 6.07 Å². The number of phenols is 1. The quantitative estimate of drug-likeness (QED) is 0.749. The Bertz CT molecular complexity index is 421. The number of rotatable bonds is 2. The van der Waals surface area contributed by atoms with Crippen molar-refractivity contribution >= 4 is 0 Å². The molecular weight excluding hydrogens is 200 g/mol. The average molecular weight is 218 g/mol. The average Bonchev–Trinajstić information content (AvgIpc) is 2.22. The summed E-state index contributed by atoms with van der Waals surface area (Å²) in [7, 11) is 0. The highest BCUT2D eigenvalue weighted by Crippen LogP contribution is 2.38. The molecule has 16 heavy (non-hydrogen) atoms. The molecular formula is C14H18O2. The molecule has 0 aliphatic heterocycles. The first-order valence-corrected chi connectivity index (χ1v) is 5.75. The second kappa shape index (κ2) is 4.30. The van der Waals surface area contributed by atoms with Crippen LogP contribution in [-0.2, 0) is 12.8 Å². The number of aromatic hydroxyl groups is 1. The van der Waals surface area contributed by atoms with Gasteiger partial charge in [0.25, 0.3) is 0 Å². The van der Waals surface area contributed by atoms with Crippen LogP contribution >= 0.6 is 0 Å². The van der Waals surface area contributed by atoms with Gasteiger partial charge >= 0.3 is 0 Å². The van der Waals surface area contributed by atoms with E-state index in [2.05, 4.69) is 6.58 Å². The molecule has 0 amide bonds. The van der Waals surface area contributed by atoms with Crippen molar-refractivity contribution in [3.63, 3.8) is 0 Å². The van der Waals surface area contributed by atoms with E-state index in [1.807, 2.05) is 13.0 Å². The van der Waals surface area contributed by atoms with Crippen molar-refractivity contribution < 1.29 is 10.2 Å². The van der Waals surface area contributed by atoms with Crippen molar-refractivity contribution in [2.45, 2.75) is 38.7 Å². The molecule has 1 unspecified atom stereocenters. The maximum Gasteiger partial charge on any atom is 0.121 e. The minimum atomic E-state index is -0.506. The van der Waals surface area contributed by atoms with E-state index in [0.29, 0.717) is 0 Å². The molecule has 2 nitrogen and oxygen atoms in total. The van der Waals surface area contributed by atoms with Crippen LogP contribution in [0.4, 0.5) is 0 Å². The summed E-state index contributed by atoms with van der Waals surface area (Å²) < 4.78 is 0. The molecule has 0 fully saturated rings. The van der Waals surface area contributed by atoms with Crippen LogP contribution in [0.15, 0.2) is 24.3 Å². The third kappa shape index (κ3) is 1.98. The maximum absolute atomic E-state index is 9.92. The lowest BCUT2D eigenvalue weighted by Crippen LogP contribution is -2.12. The monoisotopic (exact) mass is 218 g/mol. The molecule has 0 radical (unpaired) electrons. The molecule has 0 aromatic heterocycles. The van der Waals surface area contributed by atoms with Gasteiger partial charge in [-0.2, -0.15) is 0 Å². The molecule has 1 aliphatic carbocycles. The molecule has 0 heterocycles. The van der Waals surface area contributed by atoms with Gasteiger partial charge in [-0.05, 0) is 49.8 Å². The van der Waals surface area contributed by atoms with Crippen LogP contribution in [-0.4, -0.2) is 10.2 Å². The fraction of sp³-hybridized carbons (Fsp3) is 0.429. The van der Waals surface area contributed by atoms with Crippen LogP contribution in [0, 0.1) is 0 Å². The Morgan fingerprint density at radius 2 is 2.25 bits per heavy atom. The van der Waals surface area contributed by atoms with Gasteiger partial charge in [0.1, 0.15) is 5.75 Å². The van der Waals surface area contributed by atoms with Crippen molar-refractivity contribution in [3.8, 4) is 5.75 Å². The fourth-order valence-corrected chi connectivity index (χ4v) is 2.47. The molecule has 1 atom stereocenters. The number of aliphatic hydroxyl groups is 1. The topological polar surface area (TPSA) is 40.5 Å². The first kappa shape index (κ1) is 11.2. The molecule has 1 aromatic carbocycles. The predicted molar refractivity (Wildman–Crippen MR) is 64.5 cm³/mol. The third-order valence-corrected chi connectivity index (χ3v) is 3.16. The highest BCUT2D eigenvalue weighted by Gasteiger charge is 2.23. The molecule has 1 aliphatic rings. The lowest BCUT2D eigenvalue weighted by atomic mass is 9.84. The van der Waals surface area contributed by atoms with E-state index in [0.717, 1.165) is 42.4 Å². The number of allylic oxidation sites excluding steroid dienone is 1. The fourth-order valence-electron chi connectivity index (χ4n) is 2.47. The van der Waals surface area contributed by atoms with Crippen molar-refractivity contribution in [1.29, 1.82) is 0 Å². The van der Waals surface area contributed by atoms with E-state index in [-0.39, 0.29) is 5.75 Å². The van der Waals surface area contributed by atoms with E-state index in [1.165, 1.54) is 5.56 Å². The molecule has 0 bridgehead atoms. The van der Waals surface area contributed by atoms with Gasteiger partial charge in [-0.15, -0.1) is 0 Å². The van der Waals surface area contributed by atoms with Crippen molar-refractivity contribution in [2.75, 3.05) is 0 Å². The number of aliphatic hydroxyl groups excluding tert-OH is 1. The summed E-state index contributed by atoms with van der Waals surface area (Å²) in [5, 5.41) is 19.7. The van der Waals surface area contributed by atoms with Gasteiger partial charge in [0.15, 0.2) is 0 Å². The second-order valence-electron chi connectivity index (χ2n) is 4.68. The van der Waals surface area contributed by atoms with E-state index < -0.39 is 6.10 Å². The highest BCUT2D eigenvalue weighted by atomic mass is 16.3. The van der Waals surface area contributed by atoms with Crippen LogP contribution < -0.4 is 0 Å². The highest BCUT2D eigenvalue weighted by molar-refractivity contribution is 5.48. The summed E-state index contributed by atoms with van der Waals surface area (Å²) >= 11 is 0. The second-order valence-corrected chi connectivity index (χ2v) is 4.68. The largest absolute Gasteiger partial charge is 0.508 e. The van der Waals surface area contributed by atoms with Crippen LogP contribution in [0.25, 0.3) is 0 Å². The number of phenolic OH excluding ortho intramolecular Hbond substituents is 1. The Morgan fingerprint density at radius 1 is 1.50 bits per heavy atom. The minimum absolute atomic E-state index is 0.229. The molecule has 0 spiro atoms. The maximum atomic E-state index is 9.92. The summed E-state index contributed by atoms with van der Waals surface area (Å²) in [6.07, 6.45) is 3.00. The summed E-state index contributed by atoms with van der Waals surface area (Å²) in [5.41, 5.74) is 4.17.